The predicted molar refractivity (Wildman–Crippen MR) is 101 cm³/mol. The quantitative estimate of drug-likeness (QED) is 0.556. The van der Waals surface area contributed by atoms with Gasteiger partial charge in [-0.25, -0.2) is 0 Å². The molecule has 1 aliphatic heterocycles. The van der Waals surface area contributed by atoms with Crippen molar-refractivity contribution in [3.05, 3.63) is 54.6 Å². The van der Waals surface area contributed by atoms with Gasteiger partial charge in [0.15, 0.2) is 11.5 Å². The monoisotopic (exact) mass is 359 g/mol. The summed E-state index contributed by atoms with van der Waals surface area (Å²) in [5, 5.41) is 15.0. The second-order valence-corrected chi connectivity index (χ2v) is 6.31. The normalized spacial score (nSPS) is 14.6. The molecule has 134 valence electrons. The van der Waals surface area contributed by atoms with Crippen molar-refractivity contribution in [2.75, 3.05) is 31.2 Å². The number of anilines is 1. The fourth-order valence-electron chi connectivity index (χ4n) is 3.28. The topological polar surface area (TPSA) is 77.2 Å². The fraction of sp³-hybridized carbons (Fsp3) is 0.200. The van der Waals surface area contributed by atoms with E-state index in [9.17, 15) is 0 Å². The van der Waals surface area contributed by atoms with Crippen LogP contribution in [0.1, 0.15) is 0 Å². The first-order valence-electron chi connectivity index (χ1n) is 8.88. The van der Waals surface area contributed by atoms with E-state index in [0.717, 1.165) is 35.2 Å². The molecule has 0 saturated carbocycles. The summed E-state index contributed by atoms with van der Waals surface area (Å²) in [6.45, 7) is 3.00. The summed E-state index contributed by atoms with van der Waals surface area (Å²) in [7, 11) is 0. The van der Waals surface area contributed by atoms with E-state index in [1.807, 2.05) is 54.6 Å². The molecular formula is C20H17N5O2. The maximum atomic E-state index is 5.50. The molecule has 0 atom stereocenters. The van der Waals surface area contributed by atoms with Gasteiger partial charge >= 0.3 is 0 Å². The molecule has 0 aliphatic carbocycles. The van der Waals surface area contributed by atoms with Gasteiger partial charge < -0.3 is 14.2 Å². The van der Waals surface area contributed by atoms with Crippen LogP contribution in [0.3, 0.4) is 0 Å². The van der Waals surface area contributed by atoms with Gasteiger partial charge in [-0.3, -0.25) is 0 Å². The number of morpholine rings is 1. The smallest absolute Gasteiger partial charge is 0.279 e. The Kier molecular flexibility index (Phi) is 3.99. The minimum Gasteiger partial charge on any atom is -0.378 e. The van der Waals surface area contributed by atoms with Crippen LogP contribution in [0.5, 0.6) is 0 Å². The summed E-state index contributed by atoms with van der Waals surface area (Å²) in [4.78, 5) is 6.73. The molecule has 0 spiro atoms. The molecule has 7 nitrogen and oxygen atoms in total. The average molecular weight is 359 g/mol. The molecule has 4 aromatic rings. The molecule has 0 bridgehead atoms. The molecular weight excluding hydrogens is 342 g/mol. The lowest BCUT2D eigenvalue weighted by Gasteiger charge is -2.28. The van der Waals surface area contributed by atoms with Crippen molar-refractivity contribution < 1.29 is 9.26 Å². The number of aromatic nitrogens is 4. The molecule has 2 aromatic heterocycles. The van der Waals surface area contributed by atoms with Crippen LogP contribution < -0.4 is 4.90 Å². The Labute approximate surface area is 155 Å². The van der Waals surface area contributed by atoms with E-state index in [1.54, 1.807) is 0 Å². The van der Waals surface area contributed by atoms with Crippen LogP contribution in [0, 0.1) is 0 Å². The summed E-state index contributed by atoms with van der Waals surface area (Å²) in [5.74, 6) is 1.76. The van der Waals surface area contributed by atoms with Crippen LogP contribution >= 0.6 is 0 Å². The van der Waals surface area contributed by atoms with Crippen LogP contribution in [-0.4, -0.2) is 46.6 Å². The summed E-state index contributed by atoms with van der Waals surface area (Å²) in [6, 6.07) is 17.8. The van der Waals surface area contributed by atoms with Crippen molar-refractivity contribution in [2.45, 2.75) is 0 Å². The fourth-order valence-corrected chi connectivity index (χ4v) is 3.28. The summed E-state index contributed by atoms with van der Waals surface area (Å²) < 4.78 is 10.9. The highest BCUT2D eigenvalue weighted by Gasteiger charge is 2.21. The molecule has 0 unspecified atom stereocenters. The van der Waals surface area contributed by atoms with E-state index in [0.29, 0.717) is 30.6 Å². The standard InChI is InChI=1S/C20H17N5O2/c1-2-6-14(7-3-1)18-21-20(27-24-18)17-15-8-4-5-9-16(15)19(23-22-17)25-10-12-26-13-11-25/h1-9H,10-13H2. The Morgan fingerprint density at radius 3 is 2.37 bits per heavy atom. The molecule has 1 aliphatic rings. The van der Waals surface area contributed by atoms with E-state index in [-0.39, 0.29) is 0 Å². The summed E-state index contributed by atoms with van der Waals surface area (Å²) in [5.41, 5.74) is 1.49. The molecule has 0 amide bonds. The molecule has 1 fully saturated rings. The van der Waals surface area contributed by atoms with Gasteiger partial charge in [0.05, 0.1) is 13.2 Å². The van der Waals surface area contributed by atoms with Gasteiger partial charge in [0, 0.05) is 29.4 Å². The molecule has 3 heterocycles. The Morgan fingerprint density at radius 2 is 1.56 bits per heavy atom. The lowest BCUT2D eigenvalue weighted by molar-refractivity contribution is 0.122. The predicted octanol–water partition coefficient (Wildman–Crippen LogP) is 3.18. The number of ether oxygens (including phenoxy) is 1. The first-order chi connectivity index (χ1) is 13.4. The highest BCUT2D eigenvalue weighted by Crippen LogP contribution is 2.31. The second kappa shape index (κ2) is 6.77. The lowest BCUT2D eigenvalue weighted by atomic mass is 10.1. The van der Waals surface area contributed by atoms with Crippen LogP contribution in [0.4, 0.5) is 5.82 Å². The Bertz CT molecular complexity index is 1070. The van der Waals surface area contributed by atoms with E-state index >= 15 is 0 Å². The zero-order chi connectivity index (χ0) is 18.1. The zero-order valence-electron chi connectivity index (χ0n) is 14.6. The Hall–Kier alpha value is -3.32. The minimum absolute atomic E-state index is 0.367. The van der Waals surface area contributed by atoms with Crippen LogP contribution in [-0.2, 0) is 4.74 Å². The van der Waals surface area contributed by atoms with E-state index in [1.165, 1.54) is 0 Å². The third-order valence-corrected chi connectivity index (χ3v) is 4.64. The zero-order valence-corrected chi connectivity index (χ0v) is 14.6. The van der Waals surface area contributed by atoms with Gasteiger partial charge in [-0.05, 0) is 0 Å². The lowest BCUT2D eigenvalue weighted by Crippen LogP contribution is -2.37. The third-order valence-electron chi connectivity index (χ3n) is 4.64. The average Bonchev–Trinajstić information content (AvgIpc) is 3.24. The molecule has 0 N–H and O–H groups in total. The molecule has 5 rings (SSSR count). The van der Waals surface area contributed by atoms with Crippen molar-refractivity contribution in [1.29, 1.82) is 0 Å². The van der Waals surface area contributed by atoms with Crippen LogP contribution in [0.25, 0.3) is 33.7 Å². The minimum atomic E-state index is 0.367. The Balaban J connectivity index is 1.60. The number of nitrogens with zero attached hydrogens (tertiary/aromatic N) is 5. The van der Waals surface area contributed by atoms with E-state index < -0.39 is 0 Å². The largest absolute Gasteiger partial charge is 0.378 e. The Morgan fingerprint density at radius 1 is 0.815 bits per heavy atom. The maximum absolute atomic E-state index is 5.50. The number of benzene rings is 2. The van der Waals surface area contributed by atoms with E-state index in [2.05, 4.69) is 25.2 Å². The van der Waals surface area contributed by atoms with Gasteiger partial charge in [0.2, 0.25) is 5.82 Å². The molecule has 2 aromatic carbocycles. The second-order valence-electron chi connectivity index (χ2n) is 6.31. The van der Waals surface area contributed by atoms with Gasteiger partial charge in [0.25, 0.3) is 5.89 Å². The van der Waals surface area contributed by atoms with Gasteiger partial charge in [-0.15, -0.1) is 10.2 Å². The maximum Gasteiger partial charge on any atom is 0.279 e. The number of fused-ring (bicyclic) bond motifs is 1. The number of rotatable bonds is 3. The summed E-state index contributed by atoms with van der Waals surface area (Å²) >= 11 is 0. The van der Waals surface area contributed by atoms with Crippen molar-refractivity contribution in [1.82, 2.24) is 20.3 Å². The highest BCUT2D eigenvalue weighted by molar-refractivity contribution is 5.99. The first kappa shape index (κ1) is 15.9. The molecule has 0 radical (unpaired) electrons. The van der Waals surface area contributed by atoms with Gasteiger partial charge in [-0.2, -0.15) is 4.98 Å². The highest BCUT2D eigenvalue weighted by atomic mass is 16.5. The third kappa shape index (κ3) is 2.92. The van der Waals surface area contributed by atoms with Crippen molar-refractivity contribution in [2.24, 2.45) is 0 Å². The van der Waals surface area contributed by atoms with Gasteiger partial charge in [0.1, 0.15) is 0 Å². The molecule has 27 heavy (non-hydrogen) atoms. The summed E-state index contributed by atoms with van der Waals surface area (Å²) in [6.07, 6.45) is 0. The van der Waals surface area contributed by atoms with Gasteiger partial charge in [-0.1, -0.05) is 59.8 Å². The van der Waals surface area contributed by atoms with Crippen molar-refractivity contribution in [3.63, 3.8) is 0 Å². The molecule has 7 heteroatoms. The SMILES string of the molecule is c1ccc(-c2noc(-c3nnc(N4CCOCC4)c4ccccc34)n2)cc1. The van der Waals surface area contributed by atoms with Crippen LogP contribution in [0.2, 0.25) is 0 Å². The number of hydrogen-bond donors (Lipinski definition) is 0. The van der Waals surface area contributed by atoms with Crippen molar-refractivity contribution in [3.8, 4) is 23.0 Å². The molecule has 1 saturated heterocycles. The van der Waals surface area contributed by atoms with Crippen molar-refractivity contribution >= 4 is 16.6 Å². The first-order valence-corrected chi connectivity index (χ1v) is 8.88. The number of hydrogen-bond acceptors (Lipinski definition) is 7. The van der Waals surface area contributed by atoms with Crippen LogP contribution in [0.15, 0.2) is 59.1 Å². The van der Waals surface area contributed by atoms with E-state index in [4.69, 9.17) is 9.26 Å².